The number of carbonyl (C=O) groups is 1. The molecule has 1 aromatic heterocycles. The lowest BCUT2D eigenvalue weighted by atomic mass is 10.1. The van der Waals surface area contributed by atoms with Crippen LogP contribution in [0.15, 0.2) is 6.07 Å². The van der Waals surface area contributed by atoms with Gasteiger partial charge in [-0.25, -0.2) is 8.78 Å². The first kappa shape index (κ1) is 13.0. The molecule has 3 nitrogen and oxygen atoms in total. The van der Waals surface area contributed by atoms with Gasteiger partial charge in [0.2, 0.25) is 0 Å². The van der Waals surface area contributed by atoms with Crippen LogP contribution >= 0.6 is 15.9 Å². The number of carboxylic acids is 1. The van der Waals surface area contributed by atoms with Gasteiger partial charge in [-0.1, -0.05) is 22.0 Å². The lowest BCUT2D eigenvalue weighted by molar-refractivity contribution is -0.136. The lowest BCUT2D eigenvalue weighted by Gasteiger charge is -2.10. The van der Waals surface area contributed by atoms with Crippen LogP contribution in [-0.2, 0) is 16.5 Å². The molecule has 0 amide bonds. The van der Waals surface area contributed by atoms with Gasteiger partial charge in [0, 0.05) is 5.33 Å². The van der Waals surface area contributed by atoms with Crippen molar-refractivity contribution in [3.05, 3.63) is 28.6 Å². The number of hydrogen-bond donors (Lipinski definition) is 1. The molecule has 0 aliphatic rings. The molecule has 0 bridgehead atoms. The molecule has 0 radical (unpaired) electrons. The topological polar surface area (TPSA) is 50.2 Å². The standard InChI is InChI=1S/C10H10BrF2NO2/c1-5-2-6(4-11)9(10(12)13)14-7(5)3-8(15)16/h2,10H,3-4H2,1H3,(H,15,16). The molecule has 0 aromatic carbocycles. The van der Waals surface area contributed by atoms with Gasteiger partial charge in [-0.05, 0) is 18.1 Å². The number of halogens is 3. The third-order valence-electron chi connectivity index (χ3n) is 2.10. The molecule has 0 aliphatic carbocycles. The second kappa shape index (κ2) is 5.34. The number of hydrogen-bond acceptors (Lipinski definition) is 2. The number of pyridine rings is 1. The van der Waals surface area contributed by atoms with Crippen molar-refractivity contribution in [2.24, 2.45) is 0 Å². The van der Waals surface area contributed by atoms with E-state index in [0.29, 0.717) is 11.1 Å². The van der Waals surface area contributed by atoms with Gasteiger partial charge < -0.3 is 5.11 Å². The Morgan fingerprint density at radius 3 is 2.69 bits per heavy atom. The predicted molar refractivity (Wildman–Crippen MR) is 57.9 cm³/mol. The Balaban J connectivity index is 3.21. The smallest absolute Gasteiger partial charge is 0.309 e. The molecule has 0 aliphatic heterocycles. The maximum atomic E-state index is 12.6. The molecule has 0 atom stereocenters. The third kappa shape index (κ3) is 2.98. The van der Waals surface area contributed by atoms with E-state index in [1.165, 1.54) is 0 Å². The van der Waals surface area contributed by atoms with Crippen LogP contribution in [0.2, 0.25) is 0 Å². The molecule has 1 N–H and O–H groups in total. The molecular formula is C10H10BrF2NO2. The van der Waals surface area contributed by atoms with E-state index in [4.69, 9.17) is 5.11 Å². The molecule has 0 saturated heterocycles. The van der Waals surface area contributed by atoms with Crippen molar-refractivity contribution in [3.63, 3.8) is 0 Å². The molecule has 0 saturated carbocycles. The van der Waals surface area contributed by atoms with Gasteiger partial charge in [0.25, 0.3) is 6.43 Å². The first-order chi connectivity index (χ1) is 7.45. The van der Waals surface area contributed by atoms with E-state index in [1.54, 1.807) is 13.0 Å². The zero-order valence-electron chi connectivity index (χ0n) is 8.51. The fourth-order valence-electron chi connectivity index (χ4n) is 1.34. The molecule has 0 spiro atoms. The highest BCUT2D eigenvalue weighted by molar-refractivity contribution is 9.08. The van der Waals surface area contributed by atoms with Crippen LogP contribution in [0, 0.1) is 6.92 Å². The van der Waals surface area contributed by atoms with Crippen LogP contribution in [0.4, 0.5) is 8.78 Å². The first-order valence-corrected chi connectivity index (χ1v) is 5.63. The van der Waals surface area contributed by atoms with Crippen molar-refractivity contribution in [3.8, 4) is 0 Å². The predicted octanol–water partition coefficient (Wildman–Crippen LogP) is 2.85. The number of rotatable bonds is 4. The summed E-state index contributed by atoms with van der Waals surface area (Å²) < 4.78 is 25.3. The molecule has 16 heavy (non-hydrogen) atoms. The summed E-state index contributed by atoms with van der Waals surface area (Å²) in [7, 11) is 0. The second-order valence-corrected chi connectivity index (χ2v) is 3.86. The van der Waals surface area contributed by atoms with Gasteiger partial charge in [-0.2, -0.15) is 0 Å². The molecule has 0 fully saturated rings. The van der Waals surface area contributed by atoms with Gasteiger partial charge in [-0.15, -0.1) is 0 Å². The average molecular weight is 294 g/mol. The second-order valence-electron chi connectivity index (χ2n) is 3.30. The van der Waals surface area contributed by atoms with E-state index in [0.717, 1.165) is 0 Å². The lowest BCUT2D eigenvalue weighted by Crippen LogP contribution is -2.08. The largest absolute Gasteiger partial charge is 0.481 e. The highest BCUT2D eigenvalue weighted by Crippen LogP contribution is 2.25. The van der Waals surface area contributed by atoms with Crippen molar-refractivity contribution < 1.29 is 18.7 Å². The van der Waals surface area contributed by atoms with Gasteiger partial charge >= 0.3 is 5.97 Å². The SMILES string of the molecule is Cc1cc(CBr)c(C(F)F)nc1CC(=O)O. The highest BCUT2D eigenvalue weighted by Gasteiger charge is 2.17. The number of aromatic nitrogens is 1. The zero-order chi connectivity index (χ0) is 12.3. The first-order valence-electron chi connectivity index (χ1n) is 4.51. The van der Waals surface area contributed by atoms with E-state index in [-0.39, 0.29) is 23.1 Å². The van der Waals surface area contributed by atoms with E-state index < -0.39 is 12.4 Å². The molecule has 1 aromatic rings. The monoisotopic (exact) mass is 293 g/mol. The normalized spacial score (nSPS) is 10.8. The number of carboxylic acid groups (broad SMARTS) is 1. The molecule has 0 unspecified atom stereocenters. The van der Waals surface area contributed by atoms with Gasteiger partial charge in [0.1, 0.15) is 5.69 Å². The van der Waals surface area contributed by atoms with Gasteiger partial charge in [0.05, 0.1) is 12.1 Å². The Morgan fingerprint density at radius 1 is 1.62 bits per heavy atom. The summed E-state index contributed by atoms with van der Waals surface area (Å²) in [5.74, 6) is -1.08. The summed E-state index contributed by atoms with van der Waals surface area (Å²) in [6.45, 7) is 1.66. The number of alkyl halides is 3. The molecule has 6 heteroatoms. The number of aliphatic carboxylic acids is 1. The summed E-state index contributed by atoms with van der Waals surface area (Å²) in [6.07, 6.45) is -3.03. The Kier molecular flexibility index (Phi) is 4.35. The summed E-state index contributed by atoms with van der Waals surface area (Å²) in [5, 5.41) is 8.88. The van der Waals surface area contributed by atoms with E-state index >= 15 is 0 Å². The summed E-state index contributed by atoms with van der Waals surface area (Å²) in [6, 6.07) is 1.54. The number of aryl methyl sites for hydroxylation is 1. The molecule has 1 rings (SSSR count). The fraction of sp³-hybridized carbons (Fsp3) is 0.400. The number of nitrogens with zero attached hydrogens (tertiary/aromatic N) is 1. The van der Waals surface area contributed by atoms with E-state index in [2.05, 4.69) is 20.9 Å². The maximum Gasteiger partial charge on any atom is 0.309 e. The zero-order valence-corrected chi connectivity index (χ0v) is 10.1. The molecule has 88 valence electrons. The van der Waals surface area contributed by atoms with Crippen molar-refractivity contribution in [2.75, 3.05) is 0 Å². The Bertz CT molecular complexity index is 410. The highest BCUT2D eigenvalue weighted by atomic mass is 79.9. The van der Waals surface area contributed by atoms with Crippen LogP contribution in [0.25, 0.3) is 0 Å². The minimum absolute atomic E-state index is 0.188. The van der Waals surface area contributed by atoms with Crippen molar-refractivity contribution in [1.29, 1.82) is 0 Å². The van der Waals surface area contributed by atoms with Crippen molar-refractivity contribution in [1.82, 2.24) is 4.98 Å². The van der Waals surface area contributed by atoms with Crippen molar-refractivity contribution in [2.45, 2.75) is 25.1 Å². The molecule has 1 heterocycles. The quantitative estimate of drug-likeness (QED) is 0.869. The Morgan fingerprint density at radius 2 is 2.25 bits per heavy atom. The third-order valence-corrected chi connectivity index (χ3v) is 2.70. The summed E-state index contributed by atoms with van der Waals surface area (Å²) in [5.41, 5.74) is 0.842. The Labute approximate surface area is 99.6 Å². The van der Waals surface area contributed by atoms with Gasteiger partial charge in [-0.3, -0.25) is 9.78 Å². The summed E-state index contributed by atoms with van der Waals surface area (Å²) in [4.78, 5) is 14.2. The van der Waals surface area contributed by atoms with Crippen molar-refractivity contribution >= 4 is 21.9 Å². The Hall–Kier alpha value is -1.04. The molecular weight excluding hydrogens is 284 g/mol. The van der Waals surface area contributed by atoms with Gasteiger partial charge in [0.15, 0.2) is 0 Å². The van der Waals surface area contributed by atoms with E-state index in [1.807, 2.05) is 0 Å². The van der Waals surface area contributed by atoms with Crippen LogP contribution < -0.4 is 0 Å². The van der Waals surface area contributed by atoms with Crippen LogP contribution in [0.3, 0.4) is 0 Å². The van der Waals surface area contributed by atoms with Crippen LogP contribution in [0.1, 0.15) is 28.9 Å². The average Bonchev–Trinajstić information content (AvgIpc) is 2.19. The van der Waals surface area contributed by atoms with E-state index in [9.17, 15) is 13.6 Å². The minimum atomic E-state index is -2.69. The van der Waals surface area contributed by atoms with Crippen LogP contribution in [-0.4, -0.2) is 16.1 Å². The fourth-order valence-corrected chi connectivity index (χ4v) is 1.79. The van der Waals surface area contributed by atoms with Crippen LogP contribution in [0.5, 0.6) is 0 Å². The maximum absolute atomic E-state index is 12.6. The summed E-state index contributed by atoms with van der Waals surface area (Å²) >= 11 is 3.10. The minimum Gasteiger partial charge on any atom is -0.481 e.